The quantitative estimate of drug-likeness (QED) is 0.694. The smallest absolute Gasteiger partial charge is 0.242 e. The predicted molar refractivity (Wildman–Crippen MR) is 107 cm³/mol. The summed E-state index contributed by atoms with van der Waals surface area (Å²) in [4.78, 5) is 19.4. The highest BCUT2D eigenvalue weighted by Gasteiger charge is 2.20. The first-order valence-electron chi connectivity index (χ1n) is 9.30. The number of methoxy groups -OCH3 is 1. The highest BCUT2D eigenvalue weighted by Crippen LogP contribution is 2.20. The first-order chi connectivity index (χ1) is 13.2. The molecule has 2 heterocycles. The van der Waals surface area contributed by atoms with Gasteiger partial charge in [-0.2, -0.15) is 0 Å². The van der Waals surface area contributed by atoms with E-state index in [1.807, 2.05) is 70.1 Å². The van der Waals surface area contributed by atoms with E-state index in [1.54, 1.807) is 7.11 Å². The maximum atomic E-state index is 12.7. The van der Waals surface area contributed by atoms with E-state index in [0.29, 0.717) is 6.54 Å². The number of rotatable bonds is 5. The summed E-state index contributed by atoms with van der Waals surface area (Å²) in [5.41, 5.74) is 2.95. The average Bonchev–Trinajstić information content (AvgIpc) is 3.35. The van der Waals surface area contributed by atoms with Gasteiger partial charge in [0.25, 0.3) is 0 Å². The summed E-state index contributed by atoms with van der Waals surface area (Å²) < 4.78 is 7.21. The fourth-order valence-electron chi connectivity index (χ4n) is 3.48. The third kappa shape index (κ3) is 3.72. The van der Waals surface area contributed by atoms with E-state index in [4.69, 9.17) is 9.72 Å². The van der Waals surface area contributed by atoms with E-state index in [0.717, 1.165) is 54.1 Å². The zero-order valence-corrected chi connectivity index (χ0v) is 15.5. The molecule has 0 bridgehead atoms. The van der Waals surface area contributed by atoms with Crippen LogP contribution in [0.3, 0.4) is 0 Å². The molecule has 4 rings (SSSR count). The van der Waals surface area contributed by atoms with Crippen molar-refractivity contribution in [2.24, 2.45) is 0 Å². The van der Waals surface area contributed by atoms with Crippen molar-refractivity contribution in [1.82, 2.24) is 14.5 Å². The molecule has 27 heavy (non-hydrogen) atoms. The molecular formula is C22H23N3O2. The van der Waals surface area contributed by atoms with Crippen molar-refractivity contribution in [2.45, 2.75) is 19.4 Å². The van der Waals surface area contributed by atoms with Gasteiger partial charge in [0.15, 0.2) is 0 Å². The molecule has 2 aromatic carbocycles. The topological polar surface area (TPSA) is 47.4 Å². The Hall–Kier alpha value is -3.08. The number of benzene rings is 2. The van der Waals surface area contributed by atoms with Crippen LogP contribution in [0.4, 0.5) is 0 Å². The van der Waals surface area contributed by atoms with Crippen molar-refractivity contribution in [1.29, 1.82) is 0 Å². The number of imidazole rings is 1. The number of carbonyl (C=O) groups excluding carboxylic acids is 1. The molecule has 0 unspecified atom stereocenters. The van der Waals surface area contributed by atoms with Gasteiger partial charge in [0.1, 0.15) is 18.1 Å². The number of nitrogens with zero attached hydrogens (tertiary/aromatic N) is 3. The molecule has 5 nitrogen and oxygen atoms in total. The molecule has 0 saturated carbocycles. The number of likely N-dealkylation sites (tertiary alicyclic amines) is 1. The molecule has 0 spiro atoms. The van der Waals surface area contributed by atoms with Crippen molar-refractivity contribution in [3.8, 4) is 5.75 Å². The number of amides is 1. The first kappa shape index (κ1) is 17.3. The summed E-state index contributed by atoms with van der Waals surface area (Å²) in [6, 6.07) is 15.8. The van der Waals surface area contributed by atoms with Gasteiger partial charge in [-0.25, -0.2) is 4.98 Å². The standard InChI is InChI=1S/C22H23N3O2/c1-27-18-11-8-17(9-12-18)10-13-21-23-19-6-2-3-7-20(19)25(21)16-22(26)24-14-4-5-15-24/h2-3,6-13H,4-5,14-16H2,1H3. The normalized spacial score (nSPS) is 14.3. The fraction of sp³-hybridized carbons (Fsp3) is 0.273. The molecule has 1 aliphatic heterocycles. The van der Waals surface area contributed by atoms with E-state index < -0.39 is 0 Å². The van der Waals surface area contributed by atoms with Gasteiger partial charge in [0, 0.05) is 13.1 Å². The second-order valence-corrected chi connectivity index (χ2v) is 6.74. The number of para-hydroxylation sites is 2. The molecule has 1 aromatic heterocycles. The molecule has 3 aromatic rings. The number of carbonyl (C=O) groups is 1. The third-order valence-corrected chi connectivity index (χ3v) is 4.98. The van der Waals surface area contributed by atoms with E-state index in [2.05, 4.69) is 0 Å². The molecule has 1 amide bonds. The lowest BCUT2D eigenvalue weighted by atomic mass is 10.2. The lowest BCUT2D eigenvalue weighted by molar-refractivity contribution is -0.130. The van der Waals surface area contributed by atoms with E-state index in [-0.39, 0.29) is 5.91 Å². The minimum absolute atomic E-state index is 0.162. The van der Waals surface area contributed by atoms with Crippen LogP contribution in [0.15, 0.2) is 48.5 Å². The Kier molecular flexibility index (Phi) is 4.92. The Labute approximate surface area is 158 Å². The predicted octanol–water partition coefficient (Wildman–Crippen LogP) is 3.84. The minimum Gasteiger partial charge on any atom is -0.497 e. The Bertz CT molecular complexity index is 967. The number of hydrogen-bond acceptors (Lipinski definition) is 3. The summed E-state index contributed by atoms with van der Waals surface area (Å²) in [6.07, 6.45) is 6.18. The monoisotopic (exact) mass is 361 g/mol. The number of aromatic nitrogens is 2. The zero-order valence-electron chi connectivity index (χ0n) is 15.5. The van der Waals surface area contributed by atoms with Gasteiger partial charge in [-0.15, -0.1) is 0 Å². The molecule has 1 fully saturated rings. The second-order valence-electron chi connectivity index (χ2n) is 6.74. The van der Waals surface area contributed by atoms with Gasteiger partial charge in [0.2, 0.25) is 5.91 Å². The average molecular weight is 361 g/mol. The lowest BCUT2D eigenvalue weighted by Gasteiger charge is -2.16. The molecular weight excluding hydrogens is 338 g/mol. The van der Waals surface area contributed by atoms with Crippen LogP contribution in [0.25, 0.3) is 23.2 Å². The van der Waals surface area contributed by atoms with Gasteiger partial charge < -0.3 is 14.2 Å². The van der Waals surface area contributed by atoms with Crippen LogP contribution in [0.1, 0.15) is 24.2 Å². The Morgan fingerprint density at radius 3 is 2.56 bits per heavy atom. The van der Waals surface area contributed by atoms with Gasteiger partial charge in [-0.05, 0) is 48.7 Å². The summed E-state index contributed by atoms with van der Waals surface area (Å²) in [5.74, 6) is 1.78. The van der Waals surface area contributed by atoms with Gasteiger partial charge in [0.05, 0.1) is 18.1 Å². The Morgan fingerprint density at radius 2 is 1.81 bits per heavy atom. The van der Waals surface area contributed by atoms with Crippen LogP contribution in [0.5, 0.6) is 5.75 Å². The van der Waals surface area contributed by atoms with E-state index >= 15 is 0 Å². The van der Waals surface area contributed by atoms with Gasteiger partial charge in [-0.3, -0.25) is 4.79 Å². The van der Waals surface area contributed by atoms with Gasteiger partial charge in [-0.1, -0.05) is 30.3 Å². The molecule has 0 radical (unpaired) electrons. The highest BCUT2D eigenvalue weighted by molar-refractivity contribution is 5.83. The summed E-state index contributed by atoms with van der Waals surface area (Å²) >= 11 is 0. The van der Waals surface area contributed by atoms with Crippen LogP contribution in [-0.2, 0) is 11.3 Å². The molecule has 5 heteroatoms. The van der Waals surface area contributed by atoms with E-state index in [1.165, 1.54) is 0 Å². The molecule has 138 valence electrons. The van der Waals surface area contributed by atoms with Crippen LogP contribution in [0, 0.1) is 0 Å². The summed E-state index contributed by atoms with van der Waals surface area (Å²) in [6.45, 7) is 2.05. The van der Waals surface area contributed by atoms with Crippen molar-refractivity contribution in [3.05, 3.63) is 59.9 Å². The van der Waals surface area contributed by atoms with Crippen LogP contribution >= 0.6 is 0 Å². The Balaban J connectivity index is 1.64. The lowest BCUT2D eigenvalue weighted by Crippen LogP contribution is -2.31. The van der Waals surface area contributed by atoms with Crippen molar-refractivity contribution in [3.63, 3.8) is 0 Å². The first-order valence-corrected chi connectivity index (χ1v) is 9.30. The van der Waals surface area contributed by atoms with Gasteiger partial charge >= 0.3 is 0 Å². The minimum atomic E-state index is 0.162. The summed E-state index contributed by atoms with van der Waals surface area (Å²) in [7, 11) is 1.66. The summed E-state index contributed by atoms with van der Waals surface area (Å²) in [5, 5.41) is 0. The number of ether oxygens (including phenoxy) is 1. The molecule has 1 saturated heterocycles. The fourth-order valence-corrected chi connectivity index (χ4v) is 3.48. The zero-order chi connectivity index (χ0) is 18.6. The number of fused-ring (bicyclic) bond motifs is 1. The van der Waals surface area contributed by atoms with Crippen LogP contribution in [0.2, 0.25) is 0 Å². The molecule has 0 aliphatic carbocycles. The maximum Gasteiger partial charge on any atom is 0.242 e. The molecule has 0 atom stereocenters. The van der Waals surface area contributed by atoms with Crippen LogP contribution < -0.4 is 4.74 Å². The largest absolute Gasteiger partial charge is 0.497 e. The third-order valence-electron chi connectivity index (χ3n) is 4.98. The molecule has 0 N–H and O–H groups in total. The maximum absolute atomic E-state index is 12.7. The van der Waals surface area contributed by atoms with Crippen molar-refractivity contribution < 1.29 is 9.53 Å². The Morgan fingerprint density at radius 1 is 1.07 bits per heavy atom. The van der Waals surface area contributed by atoms with Crippen molar-refractivity contribution >= 4 is 29.1 Å². The van der Waals surface area contributed by atoms with Crippen molar-refractivity contribution in [2.75, 3.05) is 20.2 Å². The highest BCUT2D eigenvalue weighted by atomic mass is 16.5. The van der Waals surface area contributed by atoms with E-state index in [9.17, 15) is 4.79 Å². The van der Waals surface area contributed by atoms with Crippen LogP contribution in [-0.4, -0.2) is 40.6 Å². The molecule has 1 aliphatic rings. The second kappa shape index (κ2) is 7.66. The number of hydrogen-bond donors (Lipinski definition) is 0. The SMILES string of the molecule is COc1ccc(C=Cc2nc3ccccc3n2CC(=O)N2CCCC2)cc1.